The third-order valence-electron chi connectivity index (χ3n) is 4.17. The molecule has 0 spiro atoms. The van der Waals surface area contributed by atoms with Crippen LogP contribution < -0.4 is 20.3 Å². The summed E-state index contributed by atoms with van der Waals surface area (Å²) in [6, 6.07) is 7.29. The first-order chi connectivity index (χ1) is 13.1. The van der Waals surface area contributed by atoms with Gasteiger partial charge in [0.1, 0.15) is 18.2 Å². The highest BCUT2D eigenvalue weighted by Crippen LogP contribution is 2.22. The molecule has 6 nitrogen and oxygen atoms in total. The molecule has 0 amide bonds. The van der Waals surface area contributed by atoms with E-state index in [9.17, 15) is 8.78 Å². The molecule has 0 radical (unpaired) electrons. The molecular weight excluding hydrogens is 372 g/mol. The van der Waals surface area contributed by atoms with Crippen molar-refractivity contribution in [2.75, 3.05) is 29.9 Å². The van der Waals surface area contributed by atoms with E-state index in [0.717, 1.165) is 37.4 Å². The zero-order valence-corrected chi connectivity index (χ0v) is 15.5. The molecule has 0 aromatic carbocycles. The predicted octanol–water partition coefficient (Wildman–Crippen LogP) is 3.08. The van der Waals surface area contributed by atoms with Crippen molar-refractivity contribution in [1.29, 1.82) is 0 Å². The molecule has 0 bridgehead atoms. The fraction of sp³-hybridized carbons (Fsp3) is 0.389. The Hall–Kier alpha value is -2.55. The Balaban J connectivity index is 1.47. The molecule has 0 unspecified atom stereocenters. The average Bonchev–Trinajstić information content (AvgIpc) is 2.68. The van der Waals surface area contributed by atoms with Crippen molar-refractivity contribution < 1.29 is 13.5 Å². The Labute approximate surface area is 162 Å². The minimum absolute atomic E-state index is 0.260. The van der Waals surface area contributed by atoms with E-state index >= 15 is 0 Å². The van der Waals surface area contributed by atoms with Gasteiger partial charge in [0, 0.05) is 37.6 Å². The van der Waals surface area contributed by atoms with Crippen molar-refractivity contribution in [3.05, 3.63) is 42.9 Å². The van der Waals surface area contributed by atoms with Gasteiger partial charge in [-0.05, 0) is 43.3 Å². The monoisotopic (exact) mass is 393 g/mol. The fourth-order valence-corrected chi connectivity index (χ4v) is 3.15. The number of aromatic nitrogens is 2. The van der Waals surface area contributed by atoms with Crippen LogP contribution in [-0.2, 0) is 0 Å². The lowest BCUT2D eigenvalue weighted by Gasteiger charge is -2.33. The molecule has 0 atom stereocenters. The summed E-state index contributed by atoms with van der Waals surface area (Å²) in [5.74, 6) is 1.14. The van der Waals surface area contributed by atoms with Crippen molar-refractivity contribution >= 4 is 28.8 Å². The summed E-state index contributed by atoms with van der Waals surface area (Å²) < 4.78 is 29.6. The number of thiocarbonyl (C=S) groups is 1. The quantitative estimate of drug-likeness (QED) is 0.732. The maximum Gasteiger partial charge on any atom is 0.272 e. The number of rotatable bonds is 6. The first-order valence-electron chi connectivity index (χ1n) is 8.69. The third kappa shape index (κ3) is 5.99. The van der Waals surface area contributed by atoms with Gasteiger partial charge in [-0.3, -0.25) is 4.98 Å². The minimum Gasteiger partial charge on any atom is -0.487 e. The molecule has 2 aromatic rings. The zero-order chi connectivity index (χ0) is 19.1. The Morgan fingerprint density at radius 1 is 1.30 bits per heavy atom. The lowest BCUT2D eigenvalue weighted by molar-refractivity contribution is 0.0819. The number of ether oxygens (including phenoxy) is 1. The molecule has 0 saturated carbocycles. The van der Waals surface area contributed by atoms with E-state index in [4.69, 9.17) is 17.0 Å². The van der Waals surface area contributed by atoms with Crippen molar-refractivity contribution in [3.63, 3.8) is 0 Å². The van der Waals surface area contributed by atoms with Gasteiger partial charge in [-0.1, -0.05) is 0 Å². The second-order valence-electron chi connectivity index (χ2n) is 6.15. The number of hydrogen-bond donors (Lipinski definition) is 2. The van der Waals surface area contributed by atoms with Gasteiger partial charge in [0.2, 0.25) is 0 Å². The molecule has 2 aromatic heterocycles. The number of halogens is 2. The van der Waals surface area contributed by atoms with Crippen molar-refractivity contribution in [1.82, 2.24) is 15.3 Å². The molecule has 0 aliphatic carbocycles. The van der Waals surface area contributed by atoms with Crippen LogP contribution in [0, 0.1) is 0 Å². The van der Waals surface area contributed by atoms with E-state index in [-0.39, 0.29) is 6.04 Å². The summed E-state index contributed by atoms with van der Waals surface area (Å²) in [6.07, 6.45) is 4.28. The molecule has 1 saturated heterocycles. The van der Waals surface area contributed by atoms with E-state index < -0.39 is 13.0 Å². The molecular formula is C18H21F2N5OS. The molecule has 27 heavy (non-hydrogen) atoms. The van der Waals surface area contributed by atoms with Gasteiger partial charge in [-0.15, -0.1) is 0 Å². The summed E-state index contributed by atoms with van der Waals surface area (Å²) >= 11 is 5.35. The lowest BCUT2D eigenvalue weighted by atomic mass is 10.1. The summed E-state index contributed by atoms with van der Waals surface area (Å²) in [5, 5.41) is 7.01. The highest BCUT2D eigenvalue weighted by atomic mass is 32.1. The number of alkyl halides is 2. The van der Waals surface area contributed by atoms with Crippen molar-refractivity contribution in [2.45, 2.75) is 25.3 Å². The van der Waals surface area contributed by atoms with Crippen LogP contribution >= 0.6 is 12.2 Å². The van der Waals surface area contributed by atoms with Crippen LogP contribution in [-0.4, -0.2) is 47.2 Å². The first kappa shape index (κ1) is 19.2. The van der Waals surface area contributed by atoms with Crippen LogP contribution in [0.4, 0.5) is 20.3 Å². The minimum atomic E-state index is -2.49. The van der Waals surface area contributed by atoms with Gasteiger partial charge in [-0.2, -0.15) is 0 Å². The third-order valence-corrected chi connectivity index (χ3v) is 4.39. The van der Waals surface area contributed by atoms with Gasteiger partial charge in [0.15, 0.2) is 5.11 Å². The van der Waals surface area contributed by atoms with E-state index in [1.54, 1.807) is 30.7 Å². The number of piperidine rings is 1. The predicted molar refractivity (Wildman–Crippen MR) is 105 cm³/mol. The Morgan fingerprint density at radius 2 is 2.11 bits per heavy atom. The van der Waals surface area contributed by atoms with Crippen LogP contribution in [0.1, 0.15) is 12.8 Å². The van der Waals surface area contributed by atoms with Crippen LogP contribution in [0.15, 0.2) is 42.9 Å². The SMILES string of the molecule is FC(F)COc1ccnc(N2CCC(NC(=S)Nc3cccnc3)CC2)c1. The van der Waals surface area contributed by atoms with Crippen LogP contribution in [0.2, 0.25) is 0 Å². The summed E-state index contributed by atoms with van der Waals surface area (Å²) in [6.45, 7) is 0.966. The number of anilines is 2. The Morgan fingerprint density at radius 3 is 2.81 bits per heavy atom. The van der Waals surface area contributed by atoms with Crippen LogP contribution in [0.25, 0.3) is 0 Å². The number of pyridine rings is 2. The lowest BCUT2D eigenvalue weighted by Crippen LogP contribution is -2.46. The normalized spacial score (nSPS) is 14.9. The number of hydrogen-bond acceptors (Lipinski definition) is 5. The van der Waals surface area contributed by atoms with Gasteiger partial charge >= 0.3 is 0 Å². The standard InChI is InChI=1S/C18H21F2N5OS/c19-16(20)12-26-15-3-7-22-17(10-15)25-8-4-13(5-9-25)23-18(27)24-14-2-1-6-21-11-14/h1-3,6-7,10-11,13,16H,4-5,8-9,12H2,(H2,23,24,27). The summed E-state index contributed by atoms with van der Waals surface area (Å²) in [7, 11) is 0. The highest BCUT2D eigenvalue weighted by Gasteiger charge is 2.21. The Bertz CT molecular complexity index is 742. The molecule has 1 aliphatic rings. The maximum absolute atomic E-state index is 12.3. The fourth-order valence-electron chi connectivity index (χ4n) is 2.86. The topological polar surface area (TPSA) is 62.3 Å². The zero-order valence-electron chi connectivity index (χ0n) is 14.6. The van der Waals surface area contributed by atoms with Gasteiger partial charge in [-0.25, -0.2) is 13.8 Å². The largest absolute Gasteiger partial charge is 0.487 e. The molecule has 3 rings (SSSR count). The maximum atomic E-state index is 12.3. The molecule has 1 aliphatic heterocycles. The highest BCUT2D eigenvalue weighted by molar-refractivity contribution is 7.80. The van der Waals surface area contributed by atoms with Crippen molar-refractivity contribution in [2.24, 2.45) is 0 Å². The second kappa shape index (κ2) is 9.40. The van der Waals surface area contributed by atoms with E-state index in [0.29, 0.717) is 10.9 Å². The van der Waals surface area contributed by atoms with E-state index in [1.807, 2.05) is 12.1 Å². The molecule has 9 heteroatoms. The van der Waals surface area contributed by atoms with Crippen LogP contribution in [0.3, 0.4) is 0 Å². The van der Waals surface area contributed by atoms with Gasteiger partial charge < -0.3 is 20.3 Å². The summed E-state index contributed by atoms with van der Waals surface area (Å²) in [4.78, 5) is 10.5. The Kier molecular flexibility index (Phi) is 6.69. The molecule has 2 N–H and O–H groups in total. The smallest absolute Gasteiger partial charge is 0.272 e. The average molecular weight is 393 g/mol. The number of nitrogens with one attached hydrogen (secondary N) is 2. The van der Waals surface area contributed by atoms with Crippen LogP contribution in [0.5, 0.6) is 5.75 Å². The van der Waals surface area contributed by atoms with Gasteiger partial charge in [0.25, 0.3) is 6.43 Å². The van der Waals surface area contributed by atoms with Crippen molar-refractivity contribution in [3.8, 4) is 5.75 Å². The van der Waals surface area contributed by atoms with Gasteiger partial charge in [0.05, 0.1) is 11.9 Å². The second-order valence-corrected chi connectivity index (χ2v) is 6.56. The molecule has 1 fully saturated rings. The first-order valence-corrected chi connectivity index (χ1v) is 9.10. The van der Waals surface area contributed by atoms with E-state index in [1.165, 1.54) is 0 Å². The van der Waals surface area contributed by atoms with E-state index in [2.05, 4.69) is 25.5 Å². The summed E-state index contributed by atoms with van der Waals surface area (Å²) in [5.41, 5.74) is 0.845. The molecule has 144 valence electrons. The molecule has 3 heterocycles. The number of nitrogens with zero attached hydrogens (tertiary/aromatic N) is 3.